The van der Waals surface area contributed by atoms with Crippen LogP contribution in [-0.2, 0) is 4.79 Å². The Hall–Kier alpha value is -0.790. The molecule has 0 saturated heterocycles. The van der Waals surface area contributed by atoms with Gasteiger partial charge in [0, 0.05) is 12.0 Å². The normalized spacial score (nSPS) is 27.2. The minimum Gasteiger partial charge on any atom is -0.353 e. The standard InChI is InChI=1S/C12H19NO/c1-2-9-3-7-11(8-4-9)13-12(14)10-5-6-10/h2,10-11H,3-8H2,1H3,(H,13,14). The zero-order valence-corrected chi connectivity index (χ0v) is 8.88. The lowest BCUT2D eigenvalue weighted by molar-refractivity contribution is -0.123. The Kier molecular flexibility index (Phi) is 2.90. The van der Waals surface area contributed by atoms with E-state index in [1.165, 1.54) is 12.8 Å². The molecular weight excluding hydrogens is 174 g/mol. The maximum atomic E-state index is 11.5. The molecule has 0 aromatic rings. The van der Waals surface area contributed by atoms with E-state index >= 15 is 0 Å². The Morgan fingerprint density at radius 1 is 1.29 bits per heavy atom. The third-order valence-corrected chi connectivity index (χ3v) is 3.33. The van der Waals surface area contributed by atoms with Gasteiger partial charge in [0.25, 0.3) is 0 Å². The van der Waals surface area contributed by atoms with Crippen LogP contribution >= 0.6 is 0 Å². The summed E-state index contributed by atoms with van der Waals surface area (Å²) in [4.78, 5) is 11.5. The van der Waals surface area contributed by atoms with Crippen molar-refractivity contribution in [3.63, 3.8) is 0 Å². The van der Waals surface area contributed by atoms with Crippen molar-refractivity contribution in [3.05, 3.63) is 11.6 Å². The SMILES string of the molecule is CC=C1CCC(NC(=O)C2CC2)CC1. The largest absolute Gasteiger partial charge is 0.353 e. The molecule has 0 aromatic carbocycles. The molecule has 2 aliphatic carbocycles. The molecule has 1 N–H and O–H groups in total. The van der Waals surface area contributed by atoms with Crippen LogP contribution in [0.15, 0.2) is 11.6 Å². The molecule has 2 heteroatoms. The van der Waals surface area contributed by atoms with E-state index in [0.717, 1.165) is 25.7 Å². The van der Waals surface area contributed by atoms with Gasteiger partial charge in [-0.2, -0.15) is 0 Å². The molecular formula is C12H19NO. The maximum absolute atomic E-state index is 11.5. The Morgan fingerprint density at radius 3 is 2.43 bits per heavy atom. The lowest BCUT2D eigenvalue weighted by atomic mass is 9.90. The van der Waals surface area contributed by atoms with Gasteiger partial charge in [0.15, 0.2) is 0 Å². The van der Waals surface area contributed by atoms with Crippen LogP contribution in [-0.4, -0.2) is 11.9 Å². The van der Waals surface area contributed by atoms with Gasteiger partial charge in [-0.3, -0.25) is 4.79 Å². The number of hydrogen-bond donors (Lipinski definition) is 1. The Labute approximate surface area is 85.8 Å². The Bertz CT molecular complexity index is 243. The highest BCUT2D eigenvalue weighted by molar-refractivity contribution is 5.81. The van der Waals surface area contributed by atoms with Crippen LogP contribution in [0.3, 0.4) is 0 Å². The molecule has 14 heavy (non-hydrogen) atoms. The highest BCUT2D eigenvalue weighted by Crippen LogP contribution is 2.30. The van der Waals surface area contributed by atoms with Crippen LogP contribution < -0.4 is 5.32 Å². The van der Waals surface area contributed by atoms with Gasteiger partial charge in [-0.05, 0) is 45.4 Å². The van der Waals surface area contributed by atoms with Crippen molar-refractivity contribution in [1.29, 1.82) is 0 Å². The van der Waals surface area contributed by atoms with E-state index in [9.17, 15) is 4.79 Å². The zero-order chi connectivity index (χ0) is 9.97. The van der Waals surface area contributed by atoms with Crippen molar-refractivity contribution in [1.82, 2.24) is 5.32 Å². The second-order valence-corrected chi connectivity index (χ2v) is 4.50. The van der Waals surface area contributed by atoms with Gasteiger partial charge < -0.3 is 5.32 Å². The molecule has 1 amide bonds. The number of carbonyl (C=O) groups excluding carboxylic acids is 1. The van der Waals surface area contributed by atoms with Crippen LogP contribution in [0.2, 0.25) is 0 Å². The van der Waals surface area contributed by atoms with Crippen molar-refractivity contribution in [2.24, 2.45) is 5.92 Å². The monoisotopic (exact) mass is 193 g/mol. The van der Waals surface area contributed by atoms with E-state index in [2.05, 4.69) is 18.3 Å². The molecule has 0 aliphatic heterocycles. The van der Waals surface area contributed by atoms with Gasteiger partial charge in [0.05, 0.1) is 0 Å². The molecule has 0 heterocycles. The van der Waals surface area contributed by atoms with Crippen LogP contribution in [0.5, 0.6) is 0 Å². The lowest BCUT2D eigenvalue weighted by Gasteiger charge is -2.24. The first-order chi connectivity index (χ1) is 6.79. The molecule has 2 aliphatic rings. The van der Waals surface area contributed by atoms with E-state index in [-0.39, 0.29) is 0 Å². The first kappa shape index (κ1) is 9.75. The molecule has 78 valence electrons. The van der Waals surface area contributed by atoms with Crippen molar-refractivity contribution in [3.8, 4) is 0 Å². The summed E-state index contributed by atoms with van der Waals surface area (Å²) in [5.41, 5.74) is 1.56. The van der Waals surface area contributed by atoms with Gasteiger partial charge in [-0.15, -0.1) is 0 Å². The third-order valence-electron chi connectivity index (χ3n) is 3.33. The third kappa shape index (κ3) is 2.37. The molecule has 2 fully saturated rings. The maximum Gasteiger partial charge on any atom is 0.223 e. The number of nitrogens with one attached hydrogen (secondary N) is 1. The number of hydrogen-bond acceptors (Lipinski definition) is 1. The van der Waals surface area contributed by atoms with Gasteiger partial charge in [-0.1, -0.05) is 11.6 Å². The van der Waals surface area contributed by atoms with E-state index in [1.54, 1.807) is 5.57 Å². The van der Waals surface area contributed by atoms with Gasteiger partial charge in [0.1, 0.15) is 0 Å². The minimum atomic E-state index is 0.305. The van der Waals surface area contributed by atoms with Crippen molar-refractivity contribution >= 4 is 5.91 Å². The van der Waals surface area contributed by atoms with Gasteiger partial charge in [-0.25, -0.2) is 0 Å². The fraction of sp³-hybridized carbons (Fsp3) is 0.750. The van der Waals surface area contributed by atoms with Crippen molar-refractivity contribution in [2.75, 3.05) is 0 Å². The van der Waals surface area contributed by atoms with E-state index < -0.39 is 0 Å². The highest BCUT2D eigenvalue weighted by Gasteiger charge is 2.31. The van der Waals surface area contributed by atoms with Crippen molar-refractivity contribution in [2.45, 2.75) is 51.5 Å². The Morgan fingerprint density at radius 2 is 1.93 bits per heavy atom. The van der Waals surface area contributed by atoms with Gasteiger partial charge in [0.2, 0.25) is 5.91 Å². The van der Waals surface area contributed by atoms with Crippen LogP contribution in [0.1, 0.15) is 45.4 Å². The second-order valence-electron chi connectivity index (χ2n) is 4.50. The molecule has 2 rings (SSSR count). The average Bonchev–Trinajstić information content (AvgIpc) is 3.02. The number of carbonyl (C=O) groups is 1. The lowest BCUT2D eigenvalue weighted by Crippen LogP contribution is -2.37. The minimum absolute atomic E-state index is 0.305. The molecule has 0 atom stereocenters. The Balaban J connectivity index is 1.75. The summed E-state index contributed by atoms with van der Waals surface area (Å²) >= 11 is 0. The quantitative estimate of drug-likeness (QED) is 0.670. The predicted molar refractivity (Wildman–Crippen MR) is 56.9 cm³/mol. The summed E-state index contributed by atoms with van der Waals surface area (Å²) in [7, 11) is 0. The summed E-state index contributed by atoms with van der Waals surface area (Å²) < 4.78 is 0. The molecule has 0 bridgehead atoms. The fourth-order valence-corrected chi connectivity index (χ4v) is 2.09. The van der Waals surface area contributed by atoms with Crippen LogP contribution in [0.4, 0.5) is 0 Å². The molecule has 0 aromatic heterocycles. The summed E-state index contributed by atoms with van der Waals surface area (Å²) in [5.74, 6) is 0.664. The summed E-state index contributed by atoms with van der Waals surface area (Å²) in [5, 5.41) is 3.16. The topological polar surface area (TPSA) is 29.1 Å². The van der Waals surface area contributed by atoms with Crippen LogP contribution in [0.25, 0.3) is 0 Å². The van der Waals surface area contributed by atoms with E-state index in [1.807, 2.05) is 0 Å². The smallest absolute Gasteiger partial charge is 0.223 e. The first-order valence-electron chi connectivity index (χ1n) is 5.74. The number of allylic oxidation sites excluding steroid dienone is 2. The van der Waals surface area contributed by atoms with Crippen LogP contribution in [0, 0.1) is 5.92 Å². The number of amides is 1. The summed E-state index contributed by atoms with van der Waals surface area (Å²) in [6.07, 6.45) is 9.06. The number of rotatable bonds is 2. The molecule has 2 saturated carbocycles. The fourth-order valence-electron chi connectivity index (χ4n) is 2.09. The highest BCUT2D eigenvalue weighted by atomic mass is 16.2. The molecule has 0 spiro atoms. The summed E-state index contributed by atoms with van der Waals surface area (Å²) in [6.45, 7) is 2.11. The summed E-state index contributed by atoms with van der Waals surface area (Å²) in [6, 6.07) is 0.451. The zero-order valence-electron chi connectivity index (χ0n) is 8.88. The molecule has 0 unspecified atom stereocenters. The average molecular weight is 193 g/mol. The predicted octanol–water partition coefficient (Wildman–Crippen LogP) is 2.40. The van der Waals surface area contributed by atoms with Crippen molar-refractivity contribution < 1.29 is 4.79 Å². The van der Waals surface area contributed by atoms with Gasteiger partial charge >= 0.3 is 0 Å². The second kappa shape index (κ2) is 4.16. The van der Waals surface area contributed by atoms with E-state index in [4.69, 9.17) is 0 Å². The van der Waals surface area contributed by atoms with E-state index in [0.29, 0.717) is 17.9 Å². The first-order valence-corrected chi connectivity index (χ1v) is 5.74. The molecule has 0 radical (unpaired) electrons. The molecule has 2 nitrogen and oxygen atoms in total.